The van der Waals surface area contributed by atoms with E-state index in [1.165, 1.54) is 12.1 Å². The zero-order chi connectivity index (χ0) is 30.0. The lowest BCUT2D eigenvalue weighted by Gasteiger charge is -2.37. The SMILES string of the molecule is CC=CC1CCC(C2CCC(c3ccc(C(F)(F)Oc4cc(F)c(C(F)(F)OC(F)(F)F)c(F)c4)cc3)CC2)OC1. The molecule has 0 radical (unpaired) electrons. The molecule has 41 heavy (non-hydrogen) atoms. The van der Waals surface area contributed by atoms with Crippen molar-refractivity contribution in [3.8, 4) is 5.75 Å². The first kappa shape index (κ1) is 31.2. The number of benzene rings is 2. The van der Waals surface area contributed by atoms with Crippen molar-refractivity contribution in [3.63, 3.8) is 0 Å². The molecule has 2 aromatic rings. The third-order valence-corrected chi connectivity index (χ3v) is 7.62. The van der Waals surface area contributed by atoms with Gasteiger partial charge >= 0.3 is 18.6 Å². The van der Waals surface area contributed by atoms with Gasteiger partial charge in [-0.3, -0.25) is 0 Å². The average Bonchev–Trinajstić information content (AvgIpc) is 2.87. The molecule has 3 nitrogen and oxygen atoms in total. The van der Waals surface area contributed by atoms with E-state index in [1.54, 1.807) is 0 Å². The van der Waals surface area contributed by atoms with Crippen LogP contribution in [0.3, 0.4) is 0 Å². The van der Waals surface area contributed by atoms with Crippen LogP contribution in [0.15, 0.2) is 48.6 Å². The Morgan fingerprint density at radius 3 is 1.93 bits per heavy atom. The Hall–Kier alpha value is -2.73. The third-order valence-electron chi connectivity index (χ3n) is 7.62. The number of halogens is 9. The van der Waals surface area contributed by atoms with Crippen LogP contribution in [0, 0.1) is 23.5 Å². The van der Waals surface area contributed by atoms with Crippen molar-refractivity contribution in [1.29, 1.82) is 0 Å². The van der Waals surface area contributed by atoms with E-state index in [2.05, 4.69) is 15.5 Å². The highest BCUT2D eigenvalue weighted by atomic mass is 19.4. The molecule has 0 spiro atoms. The molecule has 1 aliphatic carbocycles. The highest BCUT2D eigenvalue weighted by Crippen LogP contribution is 2.43. The first-order chi connectivity index (χ1) is 19.2. The Bertz CT molecular complexity index is 1170. The monoisotopic (exact) mass is 596 g/mol. The molecular weight excluding hydrogens is 567 g/mol. The van der Waals surface area contributed by atoms with E-state index in [1.807, 2.05) is 13.0 Å². The summed E-state index contributed by atoms with van der Waals surface area (Å²) in [4.78, 5) is 0. The van der Waals surface area contributed by atoms with E-state index < -0.39 is 47.1 Å². The molecule has 1 aliphatic heterocycles. The fourth-order valence-corrected chi connectivity index (χ4v) is 5.65. The Morgan fingerprint density at radius 2 is 1.41 bits per heavy atom. The van der Waals surface area contributed by atoms with E-state index in [0.717, 1.165) is 62.8 Å². The van der Waals surface area contributed by atoms with Crippen molar-refractivity contribution < 1.29 is 53.7 Å². The molecule has 2 aliphatic rings. The van der Waals surface area contributed by atoms with Crippen molar-refractivity contribution in [1.82, 2.24) is 0 Å². The second kappa shape index (κ2) is 12.2. The van der Waals surface area contributed by atoms with Gasteiger partial charge in [-0.05, 0) is 75.0 Å². The van der Waals surface area contributed by atoms with Gasteiger partial charge in [0.25, 0.3) is 0 Å². The first-order valence-electron chi connectivity index (χ1n) is 13.2. The minimum atomic E-state index is -5.92. The maximum Gasteiger partial charge on any atom is 0.527 e. The largest absolute Gasteiger partial charge is 0.527 e. The first-order valence-corrected chi connectivity index (χ1v) is 13.2. The second-order valence-electron chi connectivity index (χ2n) is 10.4. The number of ether oxygens (including phenoxy) is 3. The summed E-state index contributed by atoms with van der Waals surface area (Å²) in [5.74, 6) is -4.67. The minimum absolute atomic E-state index is 0.0660. The zero-order valence-corrected chi connectivity index (χ0v) is 22.0. The van der Waals surface area contributed by atoms with Gasteiger partial charge in [-0.2, -0.15) is 17.6 Å². The Kier molecular flexibility index (Phi) is 9.32. The molecule has 4 rings (SSSR count). The van der Waals surface area contributed by atoms with Crippen molar-refractivity contribution in [2.24, 2.45) is 11.8 Å². The van der Waals surface area contributed by atoms with Crippen molar-refractivity contribution in [3.05, 3.63) is 76.9 Å². The molecule has 0 N–H and O–H groups in total. The van der Waals surface area contributed by atoms with E-state index in [-0.39, 0.29) is 24.2 Å². The molecule has 0 aromatic heterocycles. The predicted molar refractivity (Wildman–Crippen MR) is 130 cm³/mol. The molecule has 2 atom stereocenters. The molecule has 2 aromatic carbocycles. The van der Waals surface area contributed by atoms with Crippen LogP contribution in [0.2, 0.25) is 0 Å². The number of alkyl halides is 7. The lowest BCUT2D eigenvalue weighted by Crippen LogP contribution is -2.33. The molecule has 2 unspecified atom stereocenters. The van der Waals surface area contributed by atoms with Crippen molar-refractivity contribution >= 4 is 0 Å². The van der Waals surface area contributed by atoms with Crippen LogP contribution < -0.4 is 4.74 Å². The van der Waals surface area contributed by atoms with Crippen LogP contribution in [-0.4, -0.2) is 19.1 Å². The van der Waals surface area contributed by atoms with Crippen LogP contribution in [0.5, 0.6) is 5.75 Å². The fraction of sp³-hybridized carbons (Fsp3) is 0.517. The summed E-state index contributed by atoms with van der Waals surface area (Å²) < 4.78 is 135. The molecule has 1 heterocycles. The van der Waals surface area contributed by atoms with Crippen LogP contribution in [-0.2, 0) is 21.7 Å². The van der Waals surface area contributed by atoms with Gasteiger partial charge in [-0.25, -0.2) is 13.5 Å². The van der Waals surface area contributed by atoms with Gasteiger partial charge in [0.15, 0.2) is 0 Å². The maximum absolute atomic E-state index is 14.8. The summed E-state index contributed by atoms with van der Waals surface area (Å²) >= 11 is 0. The van der Waals surface area contributed by atoms with Crippen LogP contribution >= 0.6 is 0 Å². The number of hydrogen-bond acceptors (Lipinski definition) is 3. The molecule has 12 heteroatoms. The van der Waals surface area contributed by atoms with Crippen molar-refractivity contribution in [2.75, 3.05) is 6.61 Å². The van der Waals surface area contributed by atoms with E-state index in [9.17, 15) is 39.5 Å². The minimum Gasteiger partial charge on any atom is -0.429 e. The number of hydrogen-bond donors (Lipinski definition) is 0. The third kappa shape index (κ3) is 7.77. The van der Waals surface area contributed by atoms with Gasteiger partial charge in [-0.15, -0.1) is 13.2 Å². The number of rotatable bonds is 8. The molecule has 1 saturated carbocycles. The van der Waals surface area contributed by atoms with Gasteiger partial charge in [0.2, 0.25) is 0 Å². The fourth-order valence-electron chi connectivity index (χ4n) is 5.65. The van der Waals surface area contributed by atoms with E-state index >= 15 is 0 Å². The molecule has 226 valence electrons. The summed E-state index contributed by atoms with van der Waals surface area (Å²) in [6.07, 6.45) is -5.35. The Labute approximate surface area is 231 Å². The van der Waals surface area contributed by atoms with Crippen LogP contribution in [0.25, 0.3) is 0 Å². The lowest BCUT2D eigenvalue weighted by atomic mass is 9.75. The standard InChI is InChI=1S/C29H29F9O3/c1-2-3-17-4-13-25(39-16-17)20-7-5-18(6-8-20)19-9-11-21(12-10-19)27(32,33)40-22-14-23(30)26(24(31)15-22)28(34,35)41-29(36,37)38/h2-3,9-12,14-15,17-18,20,25H,4-8,13,16H2,1H3. The zero-order valence-electron chi connectivity index (χ0n) is 22.0. The quantitative estimate of drug-likeness (QED) is 0.225. The predicted octanol–water partition coefficient (Wildman–Crippen LogP) is 9.32. The number of allylic oxidation sites excluding steroid dienone is 1. The van der Waals surface area contributed by atoms with E-state index in [0.29, 0.717) is 11.8 Å². The summed E-state index contributed by atoms with van der Waals surface area (Å²) in [5, 5.41) is 0. The average molecular weight is 597 g/mol. The van der Waals surface area contributed by atoms with Gasteiger partial charge in [0.05, 0.1) is 18.3 Å². The highest BCUT2D eigenvalue weighted by Gasteiger charge is 2.50. The van der Waals surface area contributed by atoms with Crippen LogP contribution in [0.1, 0.15) is 68.1 Å². The summed E-state index contributed by atoms with van der Waals surface area (Å²) in [5.41, 5.74) is -2.22. The topological polar surface area (TPSA) is 27.7 Å². The normalized spacial score (nSPS) is 24.5. The maximum atomic E-state index is 14.8. The molecule has 1 saturated heterocycles. The molecule has 0 amide bonds. The van der Waals surface area contributed by atoms with Gasteiger partial charge in [0.1, 0.15) is 22.9 Å². The molecule has 2 fully saturated rings. The van der Waals surface area contributed by atoms with E-state index in [4.69, 9.17) is 4.74 Å². The molecule has 0 bridgehead atoms. The smallest absolute Gasteiger partial charge is 0.429 e. The summed E-state index contributed by atoms with van der Waals surface area (Å²) in [6.45, 7) is 2.71. The lowest BCUT2D eigenvalue weighted by molar-refractivity contribution is -0.432. The Balaban J connectivity index is 1.37. The highest BCUT2D eigenvalue weighted by molar-refractivity contribution is 5.34. The van der Waals surface area contributed by atoms with Crippen molar-refractivity contribution in [2.45, 2.75) is 76.1 Å². The van der Waals surface area contributed by atoms with Gasteiger partial charge < -0.3 is 9.47 Å². The van der Waals surface area contributed by atoms with Gasteiger partial charge in [-0.1, -0.05) is 24.3 Å². The molecular formula is C29H29F9O3. The van der Waals surface area contributed by atoms with Crippen LogP contribution in [0.4, 0.5) is 39.5 Å². The Morgan fingerprint density at radius 1 is 0.805 bits per heavy atom. The summed E-state index contributed by atoms with van der Waals surface area (Å²) in [6, 6.07) is 5.08. The van der Waals surface area contributed by atoms with Gasteiger partial charge in [0, 0.05) is 18.1 Å². The second-order valence-corrected chi connectivity index (χ2v) is 10.4. The summed E-state index contributed by atoms with van der Waals surface area (Å²) in [7, 11) is 0.